The van der Waals surface area contributed by atoms with E-state index in [0.717, 1.165) is 19.3 Å². The van der Waals surface area contributed by atoms with Crippen LogP contribution in [-0.2, 0) is 10.0 Å². The number of sulfonamides is 1. The Morgan fingerprint density at radius 2 is 2.00 bits per heavy atom. The Balaban J connectivity index is 2.29. The predicted molar refractivity (Wildman–Crippen MR) is 69.0 cm³/mol. The fourth-order valence-electron chi connectivity index (χ4n) is 2.07. The fourth-order valence-corrected chi connectivity index (χ4v) is 3.59. The summed E-state index contributed by atoms with van der Waals surface area (Å²) in [6.45, 7) is 3.33. The van der Waals surface area contributed by atoms with Crippen LogP contribution in [0.25, 0.3) is 0 Å². The van der Waals surface area contributed by atoms with Crippen molar-refractivity contribution in [2.75, 3.05) is 0 Å². The molecule has 0 aliphatic heterocycles. The first-order chi connectivity index (χ1) is 8.32. The number of benzene rings is 1. The van der Waals surface area contributed by atoms with Crippen molar-refractivity contribution in [3.8, 4) is 0 Å². The number of carbonyl (C=O) groups excluding carboxylic acids is 1. The zero-order valence-corrected chi connectivity index (χ0v) is 11.4. The van der Waals surface area contributed by atoms with Crippen molar-refractivity contribution in [3.05, 3.63) is 29.8 Å². The molecule has 1 saturated carbocycles. The van der Waals surface area contributed by atoms with Crippen LogP contribution in [0.5, 0.6) is 0 Å². The first kappa shape index (κ1) is 13.2. The molecule has 1 aliphatic rings. The van der Waals surface area contributed by atoms with Gasteiger partial charge in [-0.25, -0.2) is 13.1 Å². The van der Waals surface area contributed by atoms with Crippen LogP contribution >= 0.6 is 0 Å². The Hall–Kier alpha value is -1.20. The summed E-state index contributed by atoms with van der Waals surface area (Å²) in [7, 11) is -3.54. The van der Waals surface area contributed by atoms with E-state index in [4.69, 9.17) is 0 Å². The summed E-state index contributed by atoms with van der Waals surface area (Å²) in [5.41, 5.74) is 0.0852. The quantitative estimate of drug-likeness (QED) is 0.850. The van der Waals surface area contributed by atoms with Crippen molar-refractivity contribution in [1.82, 2.24) is 4.72 Å². The SMILES string of the molecule is CC(=O)c1cccc(S(=O)(=O)NC2(C)CCC2)c1. The van der Waals surface area contributed by atoms with E-state index in [-0.39, 0.29) is 16.2 Å². The molecule has 1 N–H and O–H groups in total. The lowest BCUT2D eigenvalue weighted by atomic mass is 9.80. The first-order valence-corrected chi connectivity index (χ1v) is 7.46. The van der Waals surface area contributed by atoms with Crippen molar-refractivity contribution in [2.24, 2.45) is 0 Å². The molecule has 0 radical (unpaired) electrons. The van der Waals surface area contributed by atoms with Gasteiger partial charge in [-0.3, -0.25) is 4.79 Å². The molecule has 0 heterocycles. The molecule has 1 fully saturated rings. The fraction of sp³-hybridized carbons (Fsp3) is 0.462. The van der Waals surface area contributed by atoms with Gasteiger partial charge in [-0.1, -0.05) is 12.1 Å². The molecule has 98 valence electrons. The van der Waals surface area contributed by atoms with E-state index in [2.05, 4.69) is 4.72 Å². The molecule has 0 aromatic heterocycles. The maximum atomic E-state index is 12.2. The van der Waals surface area contributed by atoms with Gasteiger partial charge >= 0.3 is 0 Å². The van der Waals surface area contributed by atoms with Crippen molar-refractivity contribution in [3.63, 3.8) is 0 Å². The van der Waals surface area contributed by atoms with Crippen molar-refractivity contribution in [2.45, 2.75) is 43.5 Å². The molecular formula is C13H17NO3S. The molecule has 0 bridgehead atoms. The third kappa shape index (κ3) is 2.62. The van der Waals surface area contributed by atoms with Crippen LogP contribution in [-0.4, -0.2) is 19.7 Å². The average molecular weight is 267 g/mol. The molecule has 1 aromatic rings. The Morgan fingerprint density at radius 1 is 1.33 bits per heavy atom. The highest BCUT2D eigenvalue weighted by molar-refractivity contribution is 7.89. The Bertz CT molecular complexity index is 574. The number of rotatable bonds is 4. The minimum atomic E-state index is -3.54. The summed E-state index contributed by atoms with van der Waals surface area (Å²) in [5, 5.41) is 0. The van der Waals surface area contributed by atoms with Gasteiger partial charge < -0.3 is 0 Å². The third-order valence-corrected chi connectivity index (χ3v) is 5.02. The van der Waals surface area contributed by atoms with Crippen molar-refractivity contribution >= 4 is 15.8 Å². The van der Waals surface area contributed by atoms with Crippen LogP contribution in [0, 0.1) is 0 Å². The van der Waals surface area contributed by atoms with Gasteiger partial charge in [0.15, 0.2) is 5.78 Å². The molecule has 0 saturated heterocycles. The van der Waals surface area contributed by atoms with Crippen LogP contribution in [0.2, 0.25) is 0 Å². The maximum Gasteiger partial charge on any atom is 0.241 e. The van der Waals surface area contributed by atoms with Gasteiger partial charge in [0.1, 0.15) is 0 Å². The molecule has 1 aliphatic carbocycles. The van der Waals surface area contributed by atoms with Crippen LogP contribution in [0.15, 0.2) is 29.2 Å². The lowest BCUT2D eigenvalue weighted by molar-refractivity contribution is 0.101. The normalized spacial score (nSPS) is 18.1. The number of hydrogen-bond donors (Lipinski definition) is 1. The second-order valence-corrected chi connectivity index (χ2v) is 6.79. The number of carbonyl (C=O) groups is 1. The van der Waals surface area contributed by atoms with Gasteiger partial charge in [-0.2, -0.15) is 0 Å². The van der Waals surface area contributed by atoms with E-state index >= 15 is 0 Å². The highest BCUT2D eigenvalue weighted by atomic mass is 32.2. The van der Waals surface area contributed by atoms with Crippen LogP contribution < -0.4 is 4.72 Å². The van der Waals surface area contributed by atoms with Gasteiger partial charge in [0, 0.05) is 11.1 Å². The van der Waals surface area contributed by atoms with Crippen molar-refractivity contribution in [1.29, 1.82) is 0 Å². The molecule has 5 heteroatoms. The van der Waals surface area contributed by atoms with Gasteiger partial charge in [0.25, 0.3) is 0 Å². The molecule has 0 amide bonds. The zero-order valence-electron chi connectivity index (χ0n) is 10.6. The summed E-state index contributed by atoms with van der Waals surface area (Å²) < 4.78 is 27.1. The highest BCUT2D eigenvalue weighted by Crippen LogP contribution is 2.32. The van der Waals surface area contributed by atoms with E-state index in [1.807, 2.05) is 6.92 Å². The standard InChI is InChI=1S/C13H17NO3S/c1-10(15)11-5-3-6-12(9-11)18(16,17)14-13(2)7-4-8-13/h3,5-6,9,14H,4,7-8H2,1-2H3. The van der Waals surface area contributed by atoms with Crippen molar-refractivity contribution < 1.29 is 13.2 Å². The smallest absolute Gasteiger partial charge is 0.241 e. The van der Waals surface area contributed by atoms with Crippen LogP contribution in [0.1, 0.15) is 43.5 Å². The summed E-state index contributed by atoms with van der Waals surface area (Å²) in [5.74, 6) is -0.137. The Kier molecular flexibility index (Phi) is 3.29. The van der Waals surface area contributed by atoms with Crippen LogP contribution in [0.4, 0.5) is 0 Å². The predicted octanol–water partition coefficient (Wildman–Crippen LogP) is 2.11. The molecule has 2 rings (SSSR count). The molecular weight excluding hydrogens is 250 g/mol. The van der Waals surface area contributed by atoms with E-state index in [1.165, 1.54) is 19.1 Å². The topological polar surface area (TPSA) is 63.2 Å². The van der Waals surface area contributed by atoms with E-state index in [1.54, 1.807) is 12.1 Å². The van der Waals surface area contributed by atoms with Gasteiger partial charge in [-0.15, -0.1) is 0 Å². The van der Waals surface area contributed by atoms with Gasteiger partial charge in [0.05, 0.1) is 4.90 Å². The molecule has 1 aromatic carbocycles. The Labute approximate surface area is 107 Å². The Morgan fingerprint density at radius 3 is 2.50 bits per heavy atom. The minimum absolute atomic E-state index is 0.137. The maximum absolute atomic E-state index is 12.2. The van der Waals surface area contributed by atoms with Crippen LogP contribution in [0.3, 0.4) is 0 Å². The molecule has 0 atom stereocenters. The average Bonchev–Trinajstić information content (AvgIpc) is 2.26. The number of nitrogens with one attached hydrogen (secondary N) is 1. The third-order valence-electron chi connectivity index (χ3n) is 3.39. The van der Waals surface area contributed by atoms with E-state index in [0.29, 0.717) is 5.56 Å². The first-order valence-electron chi connectivity index (χ1n) is 5.97. The lowest BCUT2D eigenvalue weighted by Gasteiger charge is -2.38. The van der Waals surface area contributed by atoms with Gasteiger partial charge in [-0.05, 0) is 45.2 Å². The monoisotopic (exact) mass is 267 g/mol. The highest BCUT2D eigenvalue weighted by Gasteiger charge is 2.36. The lowest BCUT2D eigenvalue weighted by Crippen LogP contribution is -2.50. The van der Waals surface area contributed by atoms with E-state index in [9.17, 15) is 13.2 Å². The number of Topliss-reactive ketones (excluding diaryl/α,β-unsaturated/α-hetero) is 1. The molecule has 0 spiro atoms. The minimum Gasteiger partial charge on any atom is -0.295 e. The summed E-state index contributed by atoms with van der Waals surface area (Å²) in [6.07, 6.45) is 2.77. The van der Waals surface area contributed by atoms with Gasteiger partial charge in [0.2, 0.25) is 10.0 Å². The molecule has 0 unspecified atom stereocenters. The second kappa shape index (κ2) is 4.48. The molecule has 4 nitrogen and oxygen atoms in total. The number of ketones is 1. The zero-order chi connectivity index (χ0) is 13.4. The number of hydrogen-bond acceptors (Lipinski definition) is 3. The van der Waals surface area contributed by atoms with E-state index < -0.39 is 10.0 Å². The second-order valence-electron chi connectivity index (χ2n) is 5.10. The molecule has 18 heavy (non-hydrogen) atoms. The summed E-state index contributed by atoms with van der Waals surface area (Å²) in [4.78, 5) is 11.4. The largest absolute Gasteiger partial charge is 0.295 e. The summed E-state index contributed by atoms with van der Waals surface area (Å²) in [6, 6.07) is 6.14. The summed E-state index contributed by atoms with van der Waals surface area (Å²) >= 11 is 0.